The SMILES string of the molecule is CC(=O)N[C@H]1[C@@H](F)[C@H](O)[C@@H](CO)OC1(O)F. The molecule has 4 N–H and O–H groups in total. The van der Waals surface area contributed by atoms with Gasteiger partial charge >= 0.3 is 6.04 Å². The molecule has 8 heteroatoms. The van der Waals surface area contributed by atoms with Gasteiger partial charge in [-0.25, -0.2) is 4.39 Å². The fourth-order valence-electron chi connectivity index (χ4n) is 1.49. The molecule has 0 aromatic carbocycles. The van der Waals surface area contributed by atoms with Crippen LogP contribution in [0.5, 0.6) is 0 Å². The fourth-order valence-corrected chi connectivity index (χ4v) is 1.49. The molecule has 1 amide bonds. The number of halogens is 2. The Labute approximate surface area is 89.8 Å². The van der Waals surface area contributed by atoms with Crippen LogP contribution in [0.4, 0.5) is 8.78 Å². The Bertz CT molecular complexity index is 275. The minimum Gasteiger partial charge on any atom is -0.394 e. The number of nitrogens with one attached hydrogen (secondary N) is 1. The largest absolute Gasteiger partial charge is 0.394 e. The molecular formula is C8H13F2NO5. The number of rotatable bonds is 2. The van der Waals surface area contributed by atoms with Crippen molar-refractivity contribution in [2.75, 3.05) is 6.61 Å². The molecule has 0 radical (unpaired) electrons. The van der Waals surface area contributed by atoms with Crippen LogP contribution in [0.25, 0.3) is 0 Å². The zero-order valence-electron chi connectivity index (χ0n) is 8.43. The Morgan fingerprint density at radius 2 is 2.19 bits per heavy atom. The van der Waals surface area contributed by atoms with Crippen molar-refractivity contribution in [3.05, 3.63) is 0 Å². The zero-order chi connectivity index (χ0) is 12.5. The van der Waals surface area contributed by atoms with Gasteiger partial charge in [-0.15, -0.1) is 0 Å². The van der Waals surface area contributed by atoms with Crippen LogP contribution in [0, 0.1) is 0 Å². The molecule has 6 nitrogen and oxygen atoms in total. The van der Waals surface area contributed by atoms with Gasteiger partial charge in [-0.1, -0.05) is 0 Å². The summed E-state index contributed by atoms with van der Waals surface area (Å²) < 4.78 is 31.1. The van der Waals surface area contributed by atoms with Gasteiger partial charge in [0.2, 0.25) is 5.91 Å². The van der Waals surface area contributed by atoms with E-state index in [1.807, 2.05) is 0 Å². The lowest BCUT2D eigenvalue weighted by Gasteiger charge is -2.41. The second kappa shape index (κ2) is 4.58. The molecule has 1 aliphatic heterocycles. The average molecular weight is 241 g/mol. The first kappa shape index (κ1) is 13.2. The average Bonchev–Trinajstić information content (AvgIpc) is 2.18. The topological polar surface area (TPSA) is 99.0 Å². The Morgan fingerprint density at radius 1 is 1.62 bits per heavy atom. The standard InChI is InChI=1S/C8H13F2NO5/c1-3(13)11-7-5(9)6(14)4(2-12)16-8(7,10)15/h4-7,12,14-15H,2H2,1H3,(H,11,13)/t4-,5+,6-,7+,8?/m1/s1. The Hall–Kier alpha value is -0.830. The van der Waals surface area contributed by atoms with E-state index < -0.39 is 43.0 Å². The van der Waals surface area contributed by atoms with Gasteiger partial charge in [0.05, 0.1) is 6.61 Å². The molecule has 1 unspecified atom stereocenters. The second-order valence-corrected chi connectivity index (χ2v) is 3.56. The van der Waals surface area contributed by atoms with Gasteiger partial charge in [0, 0.05) is 6.92 Å². The fraction of sp³-hybridized carbons (Fsp3) is 0.875. The van der Waals surface area contributed by atoms with Gasteiger partial charge in [0.25, 0.3) is 0 Å². The van der Waals surface area contributed by atoms with Crippen molar-refractivity contribution in [3.8, 4) is 0 Å². The number of amides is 1. The molecule has 94 valence electrons. The van der Waals surface area contributed by atoms with Gasteiger partial charge in [-0.3, -0.25) is 4.79 Å². The zero-order valence-corrected chi connectivity index (χ0v) is 8.43. The van der Waals surface area contributed by atoms with Crippen molar-refractivity contribution in [2.24, 2.45) is 0 Å². The molecule has 0 aliphatic carbocycles. The predicted octanol–water partition coefficient (Wildman–Crippen LogP) is -1.80. The first-order valence-electron chi connectivity index (χ1n) is 4.58. The number of aliphatic hydroxyl groups excluding tert-OH is 2. The smallest absolute Gasteiger partial charge is 0.342 e. The number of alkyl halides is 2. The summed E-state index contributed by atoms with van der Waals surface area (Å²) in [4.78, 5) is 10.7. The number of ether oxygens (including phenoxy) is 1. The molecule has 0 aromatic rings. The van der Waals surface area contributed by atoms with Crippen LogP contribution in [0.1, 0.15) is 6.92 Å². The molecule has 1 aliphatic rings. The number of carbonyl (C=O) groups is 1. The second-order valence-electron chi connectivity index (χ2n) is 3.56. The van der Waals surface area contributed by atoms with Crippen LogP contribution in [-0.2, 0) is 9.53 Å². The van der Waals surface area contributed by atoms with Gasteiger partial charge in [0.15, 0.2) is 6.17 Å². The Morgan fingerprint density at radius 3 is 2.62 bits per heavy atom. The predicted molar refractivity (Wildman–Crippen MR) is 46.5 cm³/mol. The molecule has 0 spiro atoms. The number of hydrogen-bond donors (Lipinski definition) is 4. The lowest BCUT2D eigenvalue weighted by molar-refractivity contribution is -0.370. The highest BCUT2D eigenvalue weighted by molar-refractivity contribution is 5.73. The maximum Gasteiger partial charge on any atom is 0.342 e. The summed E-state index contributed by atoms with van der Waals surface area (Å²) in [6, 6.07) is -5.51. The number of carbonyl (C=O) groups excluding carboxylic acids is 1. The van der Waals surface area contributed by atoms with E-state index in [-0.39, 0.29) is 0 Å². The van der Waals surface area contributed by atoms with E-state index in [4.69, 9.17) is 10.2 Å². The van der Waals surface area contributed by atoms with Crippen LogP contribution < -0.4 is 5.32 Å². The van der Waals surface area contributed by atoms with Gasteiger partial charge < -0.3 is 25.4 Å². The summed E-state index contributed by atoms with van der Waals surface area (Å²) in [6.07, 6.45) is -5.71. The lowest BCUT2D eigenvalue weighted by atomic mass is 9.97. The van der Waals surface area contributed by atoms with Gasteiger partial charge in [-0.05, 0) is 0 Å². The van der Waals surface area contributed by atoms with Crippen LogP contribution in [-0.4, -0.2) is 58.3 Å². The minimum absolute atomic E-state index is 0.790. The highest BCUT2D eigenvalue weighted by Gasteiger charge is 2.55. The van der Waals surface area contributed by atoms with Crippen molar-refractivity contribution in [3.63, 3.8) is 0 Å². The van der Waals surface area contributed by atoms with E-state index >= 15 is 0 Å². The van der Waals surface area contributed by atoms with Crippen molar-refractivity contribution < 1.29 is 33.6 Å². The van der Waals surface area contributed by atoms with E-state index in [9.17, 15) is 18.7 Å². The van der Waals surface area contributed by atoms with E-state index in [0.717, 1.165) is 6.92 Å². The van der Waals surface area contributed by atoms with E-state index in [2.05, 4.69) is 4.74 Å². The molecule has 0 bridgehead atoms. The normalized spacial score (nSPS) is 44.1. The molecule has 1 fully saturated rings. The molecule has 0 aromatic heterocycles. The molecule has 5 atom stereocenters. The summed E-state index contributed by atoms with van der Waals surface area (Å²) in [5.74, 6) is -0.790. The Kier molecular flexibility index (Phi) is 3.79. The maximum absolute atomic E-state index is 13.5. The first-order chi connectivity index (χ1) is 7.29. The summed E-state index contributed by atoms with van der Waals surface area (Å²) in [5.41, 5.74) is 0. The van der Waals surface area contributed by atoms with Crippen molar-refractivity contribution in [1.29, 1.82) is 0 Å². The number of hydrogen-bond acceptors (Lipinski definition) is 5. The van der Waals surface area contributed by atoms with Gasteiger partial charge in [0.1, 0.15) is 18.2 Å². The minimum atomic E-state index is -3.47. The summed E-state index contributed by atoms with van der Waals surface area (Å²) >= 11 is 0. The third kappa shape index (κ3) is 2.46. The van der Waals surface area contributed by atoms with Crippen LogP contribution >= 0.6 is 0 Å². The molecule has 1 rings (SSSR count). The van der Waals surface area contributed by atoms with Crippen LogP contribution in [0.2, 0.25) is 0 Å². The molecule has 0 saturated carbocycles. The van der Waals surface area contributed by atoms with Crippen LogP contribution in [0.3, 0.4) is 0 Å². The molecular weight excluding hydrogens is 228 g/mol. The van der Waals surface area contributed by atoms with E-state index in [0.29, 0.717) is 0 Å². The monoisotopic (exact) mass is 241 g/mol. The highest BCUT2D eigenvalue weighted by atomic mass is 19.2. The summed E-state index contributed by atoms with van der Waals surface area (Å²) in [5, 5.41) is 28.8. The highest BCUT2D eigenvalue weighted by Crippen LogP contribution is 2.30. The molecule has 1 heterocycles. The van der Waals surface area contributed by atoms with Gasteiger partial charge in [-0.2, -0.15) is 4.39 Å². The number of aliphatic hydroxyl groups is 3. The lowest BCUT2D eigenvalue weighted by Crippen LogP contribution is -2.67. The van der Waals surface area contributed by atoms with E-state index in [1.165, 1.54) is 0 Å². The van der Waals surface area contributed by atoms with Crippen molar-refractivity contribution >= 4 is 5.91 Å². The maximum atomic E-state index is 13.5. The summed E-state index contributed by atoms with van der Waals surface area (Å²) in [7, 11) is 0. The van der Waals surface area contributed by atoms with Crippen molar-refractivity contribution in [1.82, 2.24) is 5.32 Å². The molecule has 1 saturated heterocycles. The summed E-state index contributed by atoms with van der Waals surface area (Å²) in [6.45, 7) is 0.133. The quantitative estimate of drug-likeness (QED) is 0.457. The van der Waals surface area contributed by atoms with Crippen molar-refractivity contribution in [2.45, 2.75) is 37.4 Å². The first-order valence-corrected chi connectivity index (χ1v) is 4.58. The molecule has 16 heavy (non-hydrogen) atoms. The third-order valence-corrected chi connectivity index (χ3v) is 2.26. The third-order valence-electron chi connectivity index (χ3n) is 2.26. The van der Waals surface area contributed by atoms with Crippen LogP contribution in [0.15, 0.2) is 0 Å². The van der Waals surface area contributed by atoms with E-state index in [1.54, 1.807) is 5.32 Å². The Balaban J connectivity index is 2.87.